The first-order chi connectivity index (χ1) is 11.2. The summed E-state index contributed by atoms with van der Waals surface area (Å²) in [6.45, 7) is 0. The minimum atomic E-state index is 0.000353. The molecule has 0 aliphatic carbocycles. The van der Waals surface area contributed by atoms with Gasteiger partial charge < -0.3 is 0 Å². The van der Waals surface area contributed by atoms with Gasteiger partial charge in [0.05, 0.1) is 17.6 Å². The molecule has 1 heterocycles. The first kappa shape index (κ1) is 15.6. The largest absolute Gasteiger partial charge is 0.293 e. The lowest BCUT2D eigenvalue weighted by atomic mass is 10.1. The quantitative estimate of drug-likeness (QED) is 0.515. The molecule has 3 rings (SSSR count). The summed E-state index contributed by atoms with van der Waals surface area (Å²) in [5.74, 6) is 0.252. The van der Waals surface area contributed by atoms with Gasteiger partial charge in [-0.25, -0.2) is 4.98 Å². The lowest BCUT2D eigenvalue weighted by Gasteiger charge is -2.03. The first-order valence-corrected chi connectivity index (χ1v) is 8.25. The maximum absolute atomic E-state index is 12.1. The highest BCUT2D eigenvalue weighted by atomic mass is 35.5. The maximum atomic E-state index is 12.1. The van der Waals surface area contributed by atoms with Crippen LogP contribution in [-0.2, 0) is 0 Å². The van der Waals surface area contributed by atoms with Gasteiger partial charge in [-0.1, -0.05) is 53.7 Å². The van der Waals surface area contributed by atoms with Crippen LogP contribution in [0.15, 0.2) is 66.0 Å². The number of nitrogens with zero attached hydrogens (tertiary/aromatic N) is 3. The predicted octanol–water partition coefficient (Wildman–Crippen LogP) is 4.17. The average Bonchev–Trinajstić information content (AvgIpc) is 2.61. The van der Waals surface area contributed by atoms with Gasteiger partial charge in [-0.3, -0.25) is 4.79 Å². The Morgan fingerprint density at radius 2 is 1.78 bits per heavy atom. The average molecular weight is 342 g/mol. The van der Waals surface area contributed by atoms with E-state index in [0.29, 0.717) is 15.7 Å². The fourth-order valence-electron chi connectivity index (χ4n) is 1.95. The molecular formula is C17H12ClN3OS. The molecule has 0 bridgehead atoms. The van der Waals surface area contributed by atoms with E-state index in [0.717, 1.165) is 11.3 Å². The molecule has 114 valence electrons. The number of rotatable bonds is 5. The molecule has 0 fully saturated rings. The molecule has 0 saturated carbocycles. The Labute approximate surface area is 142 Å². The molecule has 0 aliphatic rings. The zero-order chi connectivity index (χ0) is 16.1. The Balaban J connectivity index is 1.69. The minimum Gasteiger partial charge on any atom is -0.293 e. The molecule has 0 saturated heterocycles. The molecule has 0 unspecified atom stereocenters. The van der Waals surface area contributed by atoms with Crippen LogP contribution in [0.1, 0.15) is 10.4 Å². The van der Waals surface area contributed by atoms with Crippen LogP contribution in [0, 0.1) is 0 Å². The summed E-state index contributed by atoms with van der Waals surface area (Å²) in [5.41, 5.74) is 2.32. The van der Waals surface area contributed by atoms with Crippen LogP contribution in [-0.4, -0.2) is 26.7 Å². The number of ketones is 1. The van der Waals surface area contributed by atoms with Gasteiger partial charge in [0.1, 0.15) is 0 Å². The number of hydrogen-bond donors (Lipinski definition) is 0. The molecule has 0 amide bonds. The standard InChI is InChI=1S/C17H12ClN3OS/c18-14-8-6-13(7-9-14)16(22)11-23-17-20-15(10-19-21-17)12-4-2-1-3-5-12/h1-10H,11H2. The van der Waals surface area contributed by atoms with Gasteiger partial charge in [-0.2, -0.15) is 5.10 Å². The summed E-state index contributed by atoms with van der Waals surface area (Å²) in [5, 5.41) is 9.02. The van der Waals surface area contributed by atoms with Crippen LogP contribution in [0.5, 0.6) is 0 Å². The number of Topliss-reactive ketones (excluding diaryl/α,β-unsaturated/α-hetero) is 1. The van der Waals surface area contributed by atoms with E-state index in [2.05, 4.69) is 15.2 Å². The molecule has 1 aromatic heterocycles. The van der Waals surface area contributed by atoms with Gasteiger partial charge in [0.15, 0.2) is 5.78 Å². The van der Waals surface area contributed by atoms with E-state index in [1.54, 1.807) is 30.5 Å². The maximum Gasteiger partial charge on any atom is 0.210 e. The van der Waals surface area contributed by atoms with Crippen molar-refractivity contribution in [2.24, 2.45) is 0 Å². The Bertz CT molecular complexity index is 810. The normalized spacial score (nSPS) is 10.5. The van der Waals surface area contributed by atoms with Gasteiger partial charge in [-0.15, -0.1) is 5.10 Å². The summed E-state index contributed by atoms with van der Waals surface area (Å²) in [6, 6.07) is 16.6. The van der Waals surface area contributed by atoms with Gasteiger partial charge in [0.2, 0.25) is 5.16 Å². The van der Waals surface area contributed by atoms with Crippen molar-refractivity contribution in [3.05, 3.63) is 71.4 Å². The third-order valence-corrected chi connectivity index (χ3v) is 4.20. The number of thioether (sulfide) groups is 1. The second-order valence-electron chi connectivity index (χ2n) is 4.71. The Kier molecular flexibility index (Phi) is 5.00. The molecule has 0 radical (unpaired) electrons. The molecule has 0 N–H and O–H groups in total. The molecule has 6 heteroatoms. The van der Waals surface area contributed by atoms with Crippen molar-refractivity contribution in [2.75, 3.05) is 5.75 Å². The van der Waals surface area contributed by atoms with Crippen molar-refractivity contribution >= 4 is 29.1 Å². The second-order valence-corrected chi connectivity index (χ2v) is 6.09. The highest BCUT2D eigenvalue weighted by Gasteiger charge is 2.09. The number of hydrogen-bond acceptors (Lipinski definition) is 5. The molecule has 0 aliphatic heterocycles. The minimum absolute atomic E-state index is 0.000353. The number of halogens is 1. The van der Waals surface area contributed by atoms with Crippen LogP contribution in [0.4, 0.5) is 0 Å². The highest BCUT2D eigenvalue weighted by molar-refractivity contribution is 7.99. The number of carbonyl (C=O) groups is 1. The van der Waals surface area contributed by atoms with Crippen molar-refractivity contribution < 1.29 is 4.79 Å². The third-order valence-electron chi connectivity index (χ3n) is 3.11. The van der Waals surface area contributed by atoms with Crippen molar-refractivity contribution in [1.82, 2.24) is 15.2 Å². The van der Waals surface area contributed by atoms with Crippen molar-refractivity contribution in [3.63, 3.8) is 0 Å². The van der Waals surface area contributed by atoms with Crippen LogP contribution in [0.3, 0.4) is 0 Å². The van der Waals surface area contributed by atoms with Crippen LogP contribution < -0.4 is 0 Å². The van der Waals surface area contributed by atoms with E-state index in [1.165, 1.54) is 11.8 Å². The Morgan fingerprint density at radius 1 is 1.04 bits per heavy atom. The molecule has 0 atom stereocenters. The molecule has 2 aromatic carbocycles. The summed E-state index contributed by atoms with van der Waals surface area (Å²) < 4.78 is 0. The van der Waals surface area contributed by atoms with Gasteiger partial charge in [-0.05, 0) is 24.3 Å². The van der Waals surface area contributed by atoms with Gasteiger partial charge in [0.25, 0.3) is 0 Å². The summed E-state index contributed by atoms with van der Waals surface area (Å²) >= 11 is 7.09. The molecule has 4 nitrogen and oxygen atoms in total. The van der Waals surface area contributed by atoms with E-state index < -0.39 is 0 Å². The third kappa shape index (κ3) is 4.15. The lowest BCUT2D eigenvalue weighted by Crippen LogP contribution is -2.03. The van der Waals surface area contributed by atoms with Gasteiger partial charge >= 0.3 is 0 Å². The van der Waals surface area contributed by atoms with E-state index >= 15 is 0 Å². The molecule has 23 heavy (non-hydrogen) atoms. The summed E-state index contributed by atoms with van der Waals surface area (Å²) in [4.78, 5) is 16.6. The first-order valence-electron chi connectivity index (χ1n) is 6.89. The predicted molar refractivity (Wildman–Crippen MR) is 91.8 cm³/mol. The molecule has 0 spiro atoms. The topological polar surface area (TPSA) is 55.7 Å². The molecular weight excluding hydrogens is 330 g/mol. The second kappa shape index (κ2) is 7.35. The van der Waals surface area contributed by atoms with Crippen molar-refractivity contribution in [2.45, 2.75) is 5.16 Å². The van der Waals surface area contributed by atoms with E-state index in [4.69, 9.17) is 11.6 Å². The number of aromatic nitrogens is 3. The fourth-order valence-corrected chi connectivity index (χ4v) is 2.77. The number of benzene rings is 2. The highest BCUT2D eigenvalue weighted by Crippen LogP contribution is 2.20. The van der Waals surface area contributed by atoms with E-state index in [-0.39, 0.29) is 11.5 Å². The van der Waals surface area contributed by atoms with Crippen LogP contribution in [0.2, 0.25) is 5.02 Å². The SMILES string of the molecule is O=C(CSc1nncc(-c2ccccc2)n1)c1ccc(Cl)cc1. The molecule has 3 aromatic rings. The summed E-state index contributed by atoms with van der Waals surface area (Å²) in [6.07, 6.45) is 1.61. The monoisotopic (exact) mass is 341 g/mol. The Hall–Kier alpha value is -2.24. The van der Waals surface area contributed by atoms with Crippen LogP contribution >= 0.6 is 23.4 Å². The van der Waals surface area contributed by atoms with Crippen molar-refractivity contribution in [1.29, 1.82) is 0 Å². The van der Waals surface area contributed by atoms with Crippen molar-refractivity contribution in [3.8, 4) is 11.3 Å². The smallest absolute Gasteiger partial charge is 0.210 e. The van der Waals surface area contributed by atoms with Gasteiger partial charge in [0, 0.05) is 16.1 Å². The fraction of sp³-hybridized carbons (Fsp3) is 0.0588. The van der Waals surface area contributed by atoms with E-state index in [1.807, 2.05) is 30.3 Å². The Morgan fingerprint density at radius 3 is 2.52 bits per heavy atom. The van der Waals surface area contributed by atoms with Crippen LogP contribution in [0.25, 0.3) is 11.3 Å². The number of carbonyl (C=O) groups excluding carboxylic acids is 1. The zero-order valence-electron chi connectivity index (χ0n) is 12.0. The van der Waals surface area contributed by atoms with E-state index in [9.17, 15) is 4.79 Å². The lowest BCUT2D eigenvalue weighted by molar-refractivity contribution is 0.102. The summed E-state index contributed by atoms with van der Waals surface area (Å²) in [7, 11) is 0. The zero-order valence-corrected chi connectivity index (χ0v) is 13.6.